The van der Waals surface area contributed by atoms with E-state index in [0.29, 0.717) is 19.0 Å². The molecule has 0 N–H and O–H groups in total. The molecule has 1 saturated carbocycles. The van der Waals surface area contributed by atoms with Crippen molar-refractivity contribution in [3.8, 4) is 5.75 Å². The standard InChI is InChI=1S/C26H31N3O2/c1-18-15-19(2)29(27-18)17-22-5-9-24(10-6-22)26(30)28(20(3)23-11-12-23)16-21-7-13-25(31-4)14-8-21/h5-10,13-15,20,23H,11-12,16-17H2,1-4H3. The van der Waals surface area contributed by atoms with Crippen LogP contribution in [0, 0.1) is 19.8 Å². The first kappa shape index (κ1) is 21.2. The van der Waals surface area contributed by atoms with Gasteiger partial charge in [-0.05, 0) is 81.0 Å². The zero-order valence-corrected chi connectivity index (χ0v) is 18.8. The molecule has 3 aromatic rings. The van der Waals surface area contributed by atoms with Crippen molar-refractivity contribution in [3.63, 3.8) is 0 Å². The van der Waals surface area contributed by atoms with Gasteiger partial charge in [0.1, 0.15) is 5.75 Å². The average molecular weight is 418 g/mol. The fourth-order valence-corrected chi connectivity index (χ4v) is 4.09. The van der Waals surface area contributed by atoms with E-state index in [4.69, 9.17) is 4.74 Å². The maximum Gasteiger partial charge on any atom is 0.254 e. The second-order valence-corrected chi connectivity index (χ2v) is 8.64. The molecule has 1 amide bonds. The molecule has 4 rings (SSSR count). The van der Waals surface area contributed by atoms with Crippen LogP contribution in [0.25, 0.3) is 0 Å². The lowest BCUT2D eigenvalue weighted by atomic mass is 10.1. The highest BCUT2D eigenvalue weighted by atomic mass is 16.5. The van der Waals surface area contributed by atoms with Gasteiger partial charge >= 0.3 is 0 Å². The first-order chi connectivity index (χ1) is 14.9. The SMILES string of the molecule is COc1ccc(CN(C(=O)c2ccc(Cn3nc(C)cc3C)cc2)C(C)C2CC2)cc1. The van der Waals surface area contributed by atoms with E-state index in [-0.39, 0.29) is 11.9 Å². The number of hydrogen-bond acceptors (Lipinski definition) is 3. The quantitative estimate of drug-likeness (QED) is 0.518. The second kappa shape index (κ2) is 8.96. The van der Waals surface area contributed by atoms with Gasteiger partial charge in [-0.15, -0.1) is 0 Å². The lowest BCUT2D eigenvalue weighted by Gasteiger charge is -2.30. The Bertz CT molecular complexity index is 1030. The van der Waals surface area contributed by atoms with Gasteiger partial charge in [0.2, 0.25) is 0 Å². The van der Waals surface area contributed by atoms with E-state index < -0.39 is 0 Å². The maximum atomic E-state index is 13.5. The van der Waals surface area contributed by atoms with Gasteiger partial charge in [-0.2, -0.15) is 5.10 Å². The van der Waals surface area contributed by atoms with Crippen LogP contribution >= 0.6 is 0 Å². The Morgan fingerprint density at radius 1 is 1.10 bits per heavy atom. The predicted octanol–water partition coefficient (Wildman–Crippen LogP) is 5.00. The summed E-state index contributed by atoms with van der Waals surface area (Å²) in [5, 5.41) is 4.53. The second-order valence-electron chi connectivity index (χ2n) is 8.64. The summed E-state index contributed by atoms with van der Waals surface area (Å²) in [4.78, 5) is 15.5. The topological polar surface area (TPSA) is 47.4 Å². The Balaban J connectivity index is 1.51. The number of hydrogen-bond donors (Lipinski definition) is 0. The van der Waals surface area contributed by atoms with Gasteiger partial charge in [-0.25, -0.2) is 0 Å². The monoisotopic (exact) mass is 417 g/mol. The molecular formula is C26H31N3O2. The van der Waals surface area contributed by atoms with E-state index in [9.17, 15) is 4.79 Å². The molecule has 5 heteroatoms. The number of aryl methyl sites for hydroxylation is 2. The summed E-state index contributed by atoms with van der Waals surface area (Å²) in [7, 11) is 1.67. The van der Waals surface area contributed by atoms with Crippen LogP contribution in [-0.2, 0) is 13.1 Å². The van der Waals surface area contributed by atoms with Crippen LogP contribution in [0.3, 0.4) is 0 Å². The molecule has 162 valence electrons. The molecule has 1 aliphatic rings. The number of methoxy groups -OCH3 is 1. The number of nitrogens with zero attached hydrogens (tertiary/aromatic N) is 3. The summed E-state index contributed by atoms with van der Waals surface area (Å²) < 4.78 is 7.26. The van der Waals surface area contributed by atoms with Gasteiger partial charge in [-0.3, -0.25) is 9.48 Å². The molecule has 1 atom stereocenters. The molecular weight excluding hydrogens is 386 g/mol. The van der Waals surface area contributed by atoms with Gasteiger partial charge in [0.25, 0.3) is 5.91 Å². The minimum atomic E-state index is 0.0906. The highest BCUT2D eigenvalue weighted by Gasteiger charge is 2.34. The molecule has 1 fully saturated rings. The van der Waals surface area contributed by atoms with Crippen molar-refractivity contribution in [1.82, 2.24) is 14.7 Å². The van der Waals surface area contributed by atoms with Crippen molar-refractivity contribution in [2.75, 3.05) is 7.11 Å². The Morgan fingerprint density at radius 2 is 1.74 bits per heavy atom. The number of carbonyl (C=O) groups is 1. The van der Waals surface area contributed by atoms with Crippen molar-refractivity contribution < 1.29 is 9.53 Å². The number of rotatable bonds is 8. The van der Waals surface area contributed by atoms with Crippen LogP contribution in [0.15, 0.2) is 54.6 Å². The van der Waals surface area contributed by atoms with Gasteiger partial charge in [0, 0.05) is 23.8 Å². The van der Waals surface area contributed by atoms with Crippen molar-refractivity contribution in [2.24, 2.45) is 5.92 Å². The molecule has 0 spiro atoms. The Labute approximate surface area is 184 Å². The molecule has 1 heterocycles. The van der Waals surface area contributed by atoms with E-state index in [1.807, 2.05) is 65.0 Å². The molecule has 0 saturated heterocycles. The van der Waals surface area contributed by atoms with E-state index >= 15 is 0 Å². The van der Waals surface area contributed by atoms with Crippen LogP contribution in [0.2, 0.25) is 0 Å². The number of benzene rings is 2. The highest BCUT2D eigenvalue weighted by Crippen LogP contribution is 2.36. The summed E-state index contributed by atoms with van der Waals surface area (Å²) >= 11 is 0. The zero-order valence-electron chi connectivity index (χ0n) is 18.8. The predicted molar refractivity (Wildman–Crippen MR) is 122 cm³/mol. The summed E-state index contributed by atoms with van der Waals surface area (Å²) in [6.07, 6.45) is 2.41. The average Bonchev–Trinajstić information content (AvgIpc) is 3.57. The molecule has 0 aliphatic heterocycles. The number of aromatic nitrogens is 2. The number of ether oxygens (including phenoxy) is 1. The largest absolute Gasteiger partial charge is 0.497 e. The smallest absolute Gasteiger partial charge is 0.254 e. The molecule has 0 bridgehead atoms. The third kappa shape index (κ3) is 4.98. The molecule has 1 aliphatic carbocycles. The van der Waals surface area contributed by atoms with Crippen LogP contribution in [0.4, 0.5) is 0 Å². The van der Waals surface area contributed by atoms with Crippen molar-refractivity contribution in [3.05, 3.63) is 82.7 Å². The zero-order chi connectivity index (χ0) is 22.0. The summed E-state index contributed by atoms with van der Waals surface area (Å²) in [6.45, 7) is 7.56. The van der Waals surface area contributed by atoms with Gasteiger partial charge in [-0.1, -0.05) is 24.3 Å². The van der Waals surface area contributed by atoms with Crippen LogP contribution in [0.1, 0.15) is 52.6 Å². The van der Waals surface area contributed by atoms with Crippen molar-refractivity contribution >= 4 is 5.91 Å². The molecule has 0 radical (unpaired) electrons. The van der Waals surface area contributed by atoms with Gasteiger partial charge in [0.05, 0.1) is 19.3 Å². The van der Waals surface area contributed by atoms with Crippen LogP contribution in [0.5, 0.6) is 5.75 Å². The lowest BCUT2D eigenvalue weighted by molar-refractivity contribution is 0.0654. The van der Waals surface area contributed by atoms with E-state index in [2.05, 4.69) is 25.0 Å². The normalized spacial score (nSPS) is 14.3. The van der Waals surface area contributed by atoms with E-state index in [1.54, 1.807) is 7.11 Å². The van der Waals surface area contributed by atoms with E-state index in [1.165, 1.54) is 12.8 Å². The number of amides is 1. The van der Waals surface area contributed by atoms with E-state index in [0.717, 1.165) is 33.8 Å². The van der Waals surface area contributed by atoms with Gasteiger partial charge < -0.3 is 9.64 Å². The molecule has 1 aromatic heterocycles. The Morgan fingerprint density at radius 3 is 2.29 bits per heavy atom. The van der Waals surface area contributed by atoms with Gasteiger partial charge in [0.15, 0.2) is 0 Å². The highest BCUT2D eigenvalue weighted by molar-refractivity contribution is 5.94. The first-order valence-corrected chi connectivity index (χ1v) is 11.0. The summed E-state index contributed by atoms with van der Waals surface area (Å²) in [6, 6.07) is 18.3. The lowest BCUT2D eigenvalue weighted by Crippen LogP contribution is -2.39. The van der Waals surface area contributed by atoms with Crippen molar-refractivity contribution in [2.45, 2.75) is 52.7 Å². The minimum absolute atomic E-state index is 0.0906. The maximum absolute atomic E-state index is 13.5. The molecule has 1 unspecified atom stereocenters. The fourth-order valence-electron chi connectivity index (χ4n) is 4.09. The van der Waals surface area contributed by atoms with Crippen LogP contribution in [-0.4, -0.2) is 33.7 Å². The van der Waals surface area contributed by atoms with Crippen LogP contribution < -0.4 is 4.74 Å². The first-order valence-electron chi connectivity index (χ1n) is 11.0. The Hall–Kier alpha value is -3.08. The third-order valence-electron chi connectivity index (χ3n) is 6.21. The summed E-state index contributed by atoms with van der Waals surface area (Å²) in [5.74, 6) is 1.52. The third-order valence-corrected chi connectivity index (χ3v) is 6.21. The Kier molecular flexibility index (Phi) is 6.12. The number of carbonyl (C=O) groups excluding carboxylic acids is 1. The molecule has 2 aromatic carbocycles. The fraction of sp³-hybridized carbons (Fsp3) is 0.385. The molecule has 31 heavy (non-hydrogen) atoms. The van der Waals surface area contributed by atoms with Crippen molar-refractivity contribution in [1.29, 1.82) is 0 Å². The minimum Gasteiger partial charge on any atom is -0.497 e. The molecule has 5 nitrogen and oxygen atoms in total. The summed E-state index contributed by atoms with van der Waals surface area (Å²) in [5.41, 5.74) is 5.15.